The SMILES string of the molecule is CCCCC(CCC)n1cnc(C(=O)OC)c1N. The van der Waals surface area contributed by atoms with Gasteiger partial charge in [-0.15, -0.1) is 0 Å². The smallest absolute Gasteiger partial charge is 0.360 e. The van der Waals surface area contributed by atoms with Crippen LogP contribution in [0, 0.1) is 0 Å². The van der Waals surface area contributed by atoms with Crippen LogP contribution in [0.3, 0.4) is 0 Å². The van der Waals surface area contributed by atoms with Crippen LogP contribution in [-0.4, -0.2) is 22.6 Å². The Morgan fingerprint density at radius 2 is 2.17 bits per heavy atom. The van der Waals surface area contributed by atoms with Gasteiger partial charge < -0.3 is 15.0 Å². The van der Waals surface area contributed by atoms with Gasteiger partial charge in [0.15, 0.2) is 5.69 Å². The van der Waals surface area contributed by atoms with Crippen molar-refractivity contribution in [2.75, 3.05) is 12.8 Å². The molecule has 1 aromatic heterocycles. The van der Waals surface area contributed by atoms with Gasteiger partial charge in [-0.2, -0.15) is 0 Å². The zero-order valence-corrected chi connectivity index (χ0v) is 11.5. The van der Waals surface area contributed by atoms with Gasteiger partial charge in [-0.3, -0.25) is 0 Å². The molecule has 1 aromatic rings. The third kappa shape index (κ3) is 3.24. The number of ether oxygens (including phenoxy) is 1. The number of nitrogen functional groups attached to an aromatic ring is 1. The number of carbonyl (C=O) groups is 1. The standard InChI is InChI=1S/C13H23N3O2/c1-4-6-8-10(7-5-2)16-9-15-11(12(16)14)13(17)18-3/h9-10H,4-8,14H2,1-3H3. The van der Waals surface area contributed by atoms with Crippen molar-refractivity contribution < 1.29 is 9.53 Å². The summed E-state index contributed by atoms with van der Waals surface area (Å²) < 4.78 is 6.56. The summed E-state index contributed by atoms with van der Waals surface area (Å²) in [4.78, 5) is 15.5. The number of nitrogens with two attached hydrogens (primary N) is 1. The number of esters is 1. The minimum Gasteiger partial charge on any atom is -0.464 e. The largest absolute Gasteiger partial charge is 0.464 e. The molecule has 1 rings (SSSR count). The number of aromatic nitrogens is 2. The van der Waals surface area contributed by atoms with E-state index < -0.39 is 5.97 Å². The molecule has 102 valence electrons. The van der Waals surface area contributed by atoms with Crippen LogP contribution >= 0.6 is 0 Å². The molecule has 2 N–H and O–H groups in total. The van der Waals surface area contributed by atoms with Crippen LogP contribution in [0.1, 0.15) is 62.5 Å². The molecule has 1 atom stereocenters. The second kappa shape index (κ2) is 7.03. The molecule has 0 saturated heterocycles. The van der Waals surface area contributed by atoms with E-state index in [0.29, 0.717) is 11.9 Å². The average molecular weight is 253 g/mol. The average Bonchev–Trinajstić information content (AvgIpc) is 2.75. The second-order valence-electron chi connectivity index (χ2n) is 4.46. The summed E-state index contributed by atoms with van der Waals surface area (Å²) >= 11 is 0. The molecule has 5 nitrogen and oxygen atoms in total. The molecule has 0 aliphatic heterocycles. The molecule has 18 heavy (non-hydrogen) atoms. The third-order valence-electron chi connectivity index (χ3n) is 3.12. The number of methoxy groups -OCH3 is 1. The fraction of sp³-hybridized carbons (Fsp3) is 0.692. The van der Waals surface area contributed by atoms with Gasteiger partial charge >= 0.3 is 5.97 Å². The molecular weight excluding hydrogens is 230 g/mol. The number of imidazole rings is 1. The Balaban J connectivity index is 2.91. The monoisotopic (exact) mass is 253 g/mol. The zero-order valence-electron chi connectivity index (χ0n) is 11.5. The first-order valence-electron chi connectivity index (χ1n) is 6.56. The van der Waals surface area contributed by atoms with Crippen molar-refractivity contribution in [3.63, 3.8) is 0 Å². The van der Waals surface area contributed by atoms with E-state index in [0.717, 1.165) is 32.1 Å². The number of hydrogen-bond acceptors (Lipinski definition) is 4. The Kier molecular flexibility index (Phi) is 5.68. The molecule has 0 aromatic carbocycles. The summed E-state index contributed by atoms with van der Waals surface area (Å²) in [5.74, 6) is -0.0617. The van der Waals surface area contributed by atoms with Gasteiger partial charge in [0.05, 0.1) is 13.4 Å². The highest BCUT2D eigenvalue weighted by molar-refractivity contribution is 5.92. The van der Waals surface area contributed by atoms with Crippen molar-refractivity contribution in [1.29, 1.82) is 0 Å². The van der Waals surface area contributed by atoms with E-state index >= 15 is 0 Å². The van der Waals surface area contributed by atoms with Crippen molar-refractivity contribution in [1.82, 2.24) is 9.55 Å². The van der Waals surface area contributed by atoms with E-state index in [1.807, 2.05) is 4.57 Å². The number of nitrogens with zero attached hydrogens (tertiary/aromatic N) is 2. The lowest BCUT2D eigenvalue weighted by molar-refractivity contribution is 0.0596. The van der Waals surface area contributed by atoms with Crippen molar-refractivity contribution >= 4 is 11.8 Å². The Morgan fingerprint density at radius 1 is 1.44 bits per heavy atom. The fourth-order valence-electron chi connectivity index (χ4n) is 2.11. The molecule has 0 amide bonds. The molecule has 0 radical (unpaired) electrons. The summed E-state index contributed by atoms with van der Waals surface area (Å²) in [7, 11) is 1.33. The maximum absolute atomic E-state index is 11.5. The van der Waals surface area contributed by atoms with Crippen LogP contribution < -0.4 is 5.73 Å². The van der Waals surface area contributed by atoms with E-state index in [1.54, 1.807) is 6.33 Å². The number of carbonyl (C=O) groups excluding carboxylic acids is 1. The highest BCUT2D eigenvalue weighted by Crippen LogP contribution is 2.25. The van der Waals surface area contributed by atoms with Crippen LogP contribution in [0.2, 0.25) is 0 Å². The quantitative estimate of drug-likeness (QED) is 0.758. The maximum Gasteiger partial charge on any atom is 0.360 e. The van der Waals surface area contributed by atoms with Crippen LogP contribution in [0.5, 0.6) is 0 Å². The predicted octanol–water partition coefficient (Wildman–Crippen LogP) is 2.78. The number of unbranched alkanes of at least 4 members (excludes halogenated alkanes) is 1. The molecule has 0 spiro atoms. The molecule has 5 heteroatoms. The van der Waals surface area contributed by atoms with Gasteiger partial charge in [-0.25, -0.2) is 9.78 Å². The van der Waals surface area contributed by atoms with E-state index in [-0.39, 0.29) is 5.69 Å². The second-order valence-corrected chi connectivity index (χ2v) is 4.46. The molecule has 0 aliphatic rings. The highest BCUT2D eigenvalue weighted by atomic mass is 16.5. The first-order valence-corrected chi connectivity index (χ1v) is 6.56. The predicted molar refractivity (Wildman–Crippen MR) is 71.4 cm³/mol. The lowest BCUT2D eigenvalue weighted by Crippen LogP contribution is -2.13. The van der Waals surface area contributed by atoms with Crippen molar-refractivity contribution in [2.45, 2.75) is 52.0 Å². The van der Waals surface area contributed by atoms with E-state index in [2.05, 4.69) is 23.6 Å². The lowest BCUT2D eigenvalue weighted by Gasteiger charge is -2.19. The van der Waals surface area contributed by atoms with Crippen molar-refractivity contribution in [3.8, 4) is 0 Å². The van der Waals surface area contributed by atoms with Crippen LogP contribution in [0.15, 0.2) is 6.33 Å². The molecule has 0 aliphatic carbocycles. The zero-order chi connectivity index (χ0) is 13.5. The minimum absolute atomic E-state index is 0.218. The first kappa shape index (κ1) is 14.5. The Morgan fingerprint density at radius 3 is 2.72 bits per heavy atom. The Bertz CT molecular complexity index is 388. The van der Waals surface area contributed by atoms with E-state index in [4.69, 9.17) is 5.73 Å². The summed E-state index contributed by atoms with van der Waals surface area (Å²) in [6.07, 6.45) is 7.14. The maximum atomic E-state index is 11.5. The molecule has 1 heterocycles. The van der Waals surface area contributed by atoms with Gasteiger partial charge in [0, 0.05) is 6.04 Å². The van der Waals surface area contributed by atoms with Gasteiger partial charge in [0.1, 0.15) is 5.82 Å². The number of anilines is 1. The summed E-state index contributed by atoms with van der Waals surface area (Å²) in [5.41, 5.74) is 6.20. The summed E-state index contributed by atoms with van der Waals surface area (Å²) in [5, 5.41) is 0. The topological polar surface area (TPSA) is 70.1 Å². The van der Waals surface area contributed by atoms with E-state index in [1.165, 1.54) is 7.11 Å². The fourth-order valence-corrected chi connectivity index (χ4v) is 2.11. The first-order chi connectivity index (χ1) is 8.65. The normalized spacial score (nSPS) is 12.4. The minimum atomic E-state index is -0.475. The van der Waals surface area contributed by atoms with Gasteiger partial charge in [0.2, 0.25) is 0 Å². The van der Waals surface area contributed by atoms with Crippen molar-refractivity contribution in [3.05, 3.63) is 12.0 Å². The lowest BCUT2D eigenvalue weighted by atomic mass is 10.1. The molecule has 0 fully saturated rings. The summed E-state index contributed by atoms with van der Waals surface area (Å²) in [6, 6.07) is 0.320. The van der Waals surface area contributed by atoms with Crippen LogP contribution in [0.4, 0.5) is 5.82 Å². The van der Waals surface area contributed by atoms with Gasteiger partial charge in [0.25, 0.3) is 0 Å². The van der Waals surface area contributed by atoms with Crippen LogP contribution in [0.25, 0.3) is 0 Å². The van der Waals surface area contributed by atoms with Gasteiger partial charge in [-0.1, -0.05) is 33.1 Å². The third-order valence-corrected chi connectivity index (χ3v) is 3.12. The molecule has 0 bridgehead atoms. The Hall–Kier alpha value is -1.52. The van der Waals surface area contributed by atoms with Gasteiger partial charge in [-0.05, 0) is 12.8 Å². The molecular formula is C13H23N3O2. The Labute approximate surface area is 108 Å². The number of rotatable bonds is 7. The van der Waals surface area contributed by atoms with E-state index in [9.17, 15) is 4.79 Å². The van der Waals surface area contributed by atoms with Crippen molar-refractivity contribution in [2.24, 2.45) is 0 Å². The highest BCUT2D eigenvalue weighted by Gasteiger charge is 2.20. The number of hydrogen-bond donors (Lipinski definition) is 1. The molecule has 0 saturated carbocycles. The van der Waals surface area contributed by atoms with Crippen LogP contribution in [-0.2, 0) is 4.74 Å². The molecule has 1 unspecified atom stereocenters. The summed E-state index contributed by atoms with van der Waals surface area (Å²) in [6.45, 7) is 4.31.